The third-order valence-electron chi connectivity index (χ3n) is 4.34. The van der Waals surface area contributed by atoms with E-state index < -0.39 is 0 Å². The van der Waals surface area contributed by atoms with Gasteiger partial charge >= 0.3 is 0 Å². The second kappa shape index (κ2) is 6.76. The minimum Gasteiger partial charge on any atom is -0.377 e. The number of ether oxygens (including phenoxy) is 1. The molecule has 1 atom stereocenters. The average Bonchev–Trinajstić information content (AvgIpc) is 3.20. The maximum atomic E-state index is 13.2. The van der Waals surface area contributed by atoms with Crippen LogP contribution in [0.15, 0.2) is 12.3 Å². The third-order valence-corrected chi connectivity index (χ3v) is 4.34. The Bertz CT molecular complexity index is 718. The van der Waals surface area contributed by atoms with Crippen LogP contribution < -0.4 is 0 Å². The van der Waals surface area contributed by atoms with Crippen LogP contribution in [0.3, 0.4) is 0 Å². The first-order valence-electron chi connectivity index (χ1n) is 8.49. The molecule has 0 spiro atoms. The number of morpholine rings is 1. The summed E-state index contributed by atoms with van der Waals surface area (Å²) in [5, 5.41) is 4.56. The quantitative estimate of drug-likeness (QED) is 0.932. The van der Waals surface area contributed by atoms with Gasteiger partial charge in [-0.05, 0) is 25.8 Å². The molecule has 130 valence electrons. The number of H-pyrrole nitrogens is 1. The van der Waals surface area contributed by atoms with Crippen LogP contribution in [0.5, 0.6) is 0 Å². The van der Waals surface area contributed by atoms with Crippen LogP contribution in [0.25, 0.3) is 0 Å². The first-order chi connectivity index (χ1) is 11.5. The Morgan fingerprint density at radius 3 is 2.92 bits per heavy atom. The molecule has 1 aliphatic rings. The molecule has 2 aromatic heterocycles. The number of hydrogen-bond acceptors (Lipinski definition) is 4. The molecule has 0 bridgehead atoms. The van der Waals surface area contributed by atoms with Crippen LogP contribution in [-0.4, -0.2) is 50.3 Å². The van der Waals surface area contributed by atoms with Crippen LogP contribution in [0.1, 0.15) is 60.4 Å². The average molecular weight is 331 g/mol. The molecule has 0 aliphatic carbocycles. The van der Waals surface area contributed by atoms with Crippen molar-refractivity contribution in [3.8, 4) is 0 Å². The summed E-state index contributed by atoms with van der Waals surface area (Å²) in [5.41, 5.74) is 2.55. The van der Waals surface area contributed by atoms with Crippen molar-refractivity contribution in [2.24, 2.45) is 0 Å². The van der Waals surface area contributed by atoms with E-state index in [1.807, 2.05) is 24.8 Å². The lowest BCUT2D eigenvalue weighted by Gasteiger charge is -2.34. The predicted molar refractivity (Wildman–Crippen MR) is 89.9 cm³/mol. The number of nitrogens with one attached hydrogen (secondary N) is 1. The van der Waals surface area contributed by atoms with Crippen LogP contribution in [0, 0.1) is 6.92 Å². The summed E-state index contributed by atoms with van der Waals surface area (Å²) in [7, 11) is 0. The second-order valence-corrected chi connectivity index (χ2v) is 6.47. The number of imidazole rings is 1. The van der Waals surface area contributed by atoms with Gasteiger partial charge in [0.2, 0.25) is 0 Å². The first-order valence-corrected chi connectivity index (χ1v) is 8.49. The number of aromatic nitrogens is 4. The van der Waals surface area contributed by atoms with Gasteiger partial charge in [0.1, 0.15) is 17.6 Å². The zero-order valence-electron chi connectivity index (χ0n) is 14.7. The van der Waals surface area contributed by atoms with Crippen molar-refractivity contribution >= 4 is 5.91 Å². The highest BCUT2D eigenvalue weighted by atomic mass is 16.5. The highest BCUT2D eigenvalue weighted by Crippen LogP contribution is 2.25. The first kappa shape index (κ1) is 16.7. The smallest absolute Gasteiger partial charge is 0.272 e. The number of amides is 1. The fourth-order valence-corrected chi connectivity index (χ4v) is 2.95. The van der Waals surface area contributed by atoms with Gasteiger partial charge in [0.25, 0.3) is 5.91 Å². The van der Waals surface area contributed by atoms with Gasteiger partial charge in [-0.1, -0.05) is 13.8 Å². The zero-order valence-corrected chi connectivity index (χ0v) is 14.7. The van der Waals surface area contributed by atoms with Gasteiger partial charge in [-0.15, -0.1) is 0 Å². The monoisotopic (exact) mass is 331 g/mol. The summed E-state index contributed by atoms with van der Waals surface area (Å²) >= 11 is 0. The minimum atomic E-state index is -0.192. The predicted octanol–water partition coefficient (Wildman–Crippen LogP) is 2.27. The fourth-order valence-electron chi connectivity index (χ4n) is 2.95. The third kappa shape index (κ3) is 3.08. The number of carbonyl (C=O) groups is 1. The van der Waals surface area contributed by atoms with E-state index in [0.717, 1.165) is 17.2 Å². The molecule has 24 heavy (non-hydrogen) atoms. The topological polar surface area (TPSA) is 76.0 Å². The Balaban J connectivity index is 1.92. The minimum absolute atomic E-state index is 0.0152. The Hall–Kier alpha value is -2.15. The van der Waals surface area contributed by atoms with Crippen molar-refractivity contribution in [2.45, 2.75) is 46.2 Å². The van der Waals surface area contributed by atoms with E-state index in [1.165, 1.54) is 0 Å². The van der Waals surface area contributed by atoms with E-state index >= 15 is 0 Å². The summed E-state index contributed by atoms with van der Waals surface area (Å²) in [6, 6.07) is 1.72. The molecule has 7 nitrogen and oxygen atoms in total. The lowest BCUT2D eigenvalue weighted by Crippen LogP contribution is -2.44. The maximum Gasteiger partial charge on any atom is 0.272 e. The van der Waals surface area contributed by atoms with Gasteiger partial charge in [0.15, 0.2) is 0 Å². The lowest BCUT2D eigenvalue weighted by molar-refractivity contribution is -0.00562. The zero-order chi connectivity index (χ0) is 17.3. The molecule has 1 fully saturated rings. The van der Waals surface area contributed by atoms with Crippen LogP contribution in [0.4, 0.5) is 0 Å². The fraction of sp³-hybridized carbons (Fsp3) is 0.588. The molecule has 3 heterocycles. The van der Waals surface area contributed by atoms with Gasteiger partial charge in [-0.3, -0.25) is 9.48 Å². The number of hydrogen-bond donors (Lipinski definition) is 1. The lowest BCUT2D eigenvalue weighted by atomic mass is 10.1. The molecule has 1 saturated heterocycles. The second-order valence-electron chi connectivity index (χ2n) is 6.47. The molecule has 1 N–H and O–H groups in total. The van der Waals surface area contributed by atoms with E-state index in [9.17, 15) is 4.79 Å². The molecule has 3 rings (SSSR count). The Kier molecular flexibility index (Phi) is 4.71. The molecular formula is C17H25N5O2. The highest BCUT2D eigenvalue weighted by Gasteiger charge is 2.33. The van der Waals surface area contributed by atoms with Crippen LogP contribution >= 0.6 is 0 Å². The van der Waals surface area contributed by atoms with Crippen molar-refractivity contribution in [3.63, 3.8) is 0 Å². The molecule has 0 unspecified atom stereocenters. The van der Waals surface area contributed by atoms with Gasteiger partial charge in [-0.25, -0.2) is 4.98 Å². The van der Waals surface area contributed by atoms with E-state index in [4.69, 9.17) is 4.74 Å². The van der Waals surface area contributed by atoms with Gasteiger partial charge in [0, 0.05) is 25.0 Å². The Morgan fingerprint density at radius 1 is 1.50 bits per heavy atom. The maximum absolute atomic E-state index is 13.2. The number of aryl methyl sites for hydroxylation is 2. The van der Waals surface area contributed by atoms with E-state index in [-0.39, 0.29) is 17.9 Å². The largest absolute Gasteiger partial charge is 0.377 e. The van der Waals surface area contributed by atoms with Gasteiger partial charge in [0.05, 0.1) is 18.9 Å². The molecule has 1 amide bonds. The Morgan fingerprint density at radius 2 is 2.29 bits per heavy atom. The summed E-state index contributed by atoms with van der Waals surface area (Å²) in [6.45, 7) is 10.3. The SMILES string of the molecule is CCn1nc(C(C)C)cc1C(=O)N1CCOC[C@@H]1c1ncc(C)[nH]1. The number of aromatic amines is 1. The standard InChI is InChI=1S/C17H25N5O2/c1-5-22-14(8-13(20-22)11(2)3)17(23)21-6-7-24-10-15(21)16-18-9-12(4)19-16/h8-9,11,15H,5-7,10H2,1-4H3,(H,18,19)/t15-/m1/s1. The van der Waals surface area contributed by atoms with Gasteiger partial charge in [-0.2, -0.15) is 5.10 Å². The summed E-state index contributed by atoms with van der Waals surface area (Å²) in [6.07, 6.45) is 1.78. The molecule has 0 radical (unpaired) electrons. The van der Waals surface area contributed by atoms with Crippen molar-refractivity contribution in [2.75, 3.05) is 19.8 Å². The number of nitrogens with zero attached hydrogens (tertiary/aromatic N) is 4. The summed E-state index contributed by atoms with van der Waals surface area (Å²) < 4.78 is 7.38. The van der Waals surface area contributed by atoms with Crippen molar-refractivity contribution in [3.05, 3.63) is 35.2 Å². The highest BCUT2D eigenvalue weighted by molar-refractivity contribution is 5.93. The van der Waals surface area contributed by atoms with E-state index in [0.29, 0.717) is 32.0 Å². The molecule has 2 aromatic rings. The molecule has 7 heteroatoms. The number of rotatable bonds is 4. The molecule has 0 saturated carbocycles. The van der Waals surface area contributed by atoms with Crippen LogP contribution in [-0.2, 0) is 11.3 Å². The molecular weight excluding hydrogens is 306 g/mol. The van der Waals surface area contributed by atoms with Crippen molar-refractivity contribution in [1.82, 2.24) is 24.6 Å². The van der Waals surface area contributed by atoms with Gasteiger partial charge < -0.3 is 14.6 Å². The molecule has 0 aromatic carbocycles. The molecule has 1 aliphatic heterocycles. The van der Waals surface area contributed by atoms with E-state index in [1.54, 1.807) is 10.9 Å². The normalized spacial score (nSPS) is 18.4. The van der Waals surface area contributed by atoms with Crippen LogP contribution in [0.2, 0.25) is 0 Å². The number of carbonyl (C=O) groups excluding carboxylic acids is 1. The van der Waals surface area contributed by atoms with Crippen molar-refractivity contribution < 1.29 is 9.53 Å². The summed E-state index contributed by atoms with van der Waals surface area (Å²) in [4.78, 5) is 22.6. The summed E-state index contributed by atoms with van der Waals surface area (Å²) in [5.74, 6) is 1.04. The van der Waals surface area contributed by atoms with E-state index in [2.05, 4.69) is 28.9 Å². The van der Waals surface area contributed by atoms with Crippen molar-refractivity contribution in [1.29, 1.82) is 0 Å². The Labute approximate surface area is 142 Å².